The fourth-order valence-corrected chi connectivity index (χ4v) is 3.19. The summed E-state index contributed by atoms with van der Waals surface area (Å²) in [5.41, 5.74) is -7.77. The number of ketones is 1. The van der Waals surface area contributed by atoms with Gasteiger partial charge < -0.3 is 14.6 Å². The number of aromatic nitrogens is 1. The molecule has 2 N–H and O–H groups in total. The second-order valence-electron chi connectivity index (χ2n) is 6.72. The molecule has 0 unspecified atom stereocenters. The van der Waals surface area contributed by atoms with Gasteiger partial charge in [0.25, 0.3) is 0 Å². The molecule has 0 aliphatic carbocycles. The summed E-state index contributed by atoms with van der Waals surface area (Å²) in [6.07, 6.45) is -6.20. The Labute approximate surface area is 178 Å². The summed E-state index contributed by atoms with van der Waals surface area (Å²) in [6, 6.07) is 7.15. The van der Waals surface area contributed by atoms with Crippen molar-refractivity contribution in [2.75, 3.05) is 0 Å². The zero-order valence-corrected chi connectivity index (χ0v) is 15.8. The van der Waals surface area contributed by atoms with Gasteiger partial charge in [-0.3, -0.25) is 4.79 Å². The van der Waals surface area contributed by atoms with E-state index in [0.717, 1.165) is 18.2 Å². The number of halogens is 7. The highest BCUT2D eigenvalue weighted by Gasteiger charge is 2.75. The maximum Gasteiger partial charge on any atom is 0.460 e. The Bertz CT molecular complexity index is 1280. The van der Waals surface area contributed by atoms with E-state index >= 15 is 0 Å². The van der Waals surface area contributed by atoms with E-state index in [4.69, 9.17) is 5.11 Å². The largest absolute Gasteiger partial charge is 0.478 e. The normalized spacial score (nSPS) is 12.7. The molecule has 0 aliphatic heterocycles. The summed E-state index contributed by atoms with van der Waals surface area (Å²) in [4.78, 5) is 36.0. The van der Waals surface area contributed by atoms with Crippen LogP contribution >= 0.6 is 0 Å². The third kappa shape index (κ3) is 3.58. The molecule has 0 bridgehead atoms. The smallest absolute Gasteiger partial charge is 0.460 e. The lowest BCUT2D eigenvalue weighted by Crippen LogP contribution is -2.50. The van der Waals surface area contributed by atoms with Gasteiger partial charge in [0.2, 0.25) is 5.78 Å². The van der Waals surface area contributed by atoms with Crippen molar-refractivity contribution < 1.29 is 55.3 Å². The monoisotopic (exact) mass is 477 g/mol. The van der Waals surface area contributed by atoms with Crippen LogP contribution in [-0.2, 0) is 5.92 Å². The van der Waals surface area contributed by atoms with Crippen LogP contribution in [0.3, 0.4) is 0 Å². The maximum atomic E-state index is 14.9. The van der Waals surface area contributed by atoms with Crippen molar-refractivity contribution in [1.82, 2.24) is 4.40 Å². The average molecular weight is 477 g/mol. The Kier molecular flexibility index (Phi) is 5.47. The van der Waals surface area contributed by atoms with Gasteiger partial charge >= 0.3 is 30.0 Å². The van der Waals surface area contributed by atoms with Crippen LogP contribution in [0.25, 0.3) is 5.52 Å². The first-order valence-electron chi connectivity index (χ1n) is 8.70. The lowest BCUT2D eigenvalue weighted by Gasteiger charge is -2.29. The number of carbonyl (C=O) groups excluding carboxylic acids is 1. The van der Waals surface area contributed by atoms with Crippen LogP contribution in [0.1, 0.15) is 42.3 Å². The molecule has 2 aromatic heterocycles. The number of benzene rings is 1. The van der Waals surface area contributed by atoms with Crippen LogP contribution < -0.4 is 0 Å². The number of hydrogen-bond donors (Lipinski definition) is 2. The molecule has 33 heavy (non-hydrogen) atoms. The zero-order valence-electron chi connectivity index (χ0n) is 15.8. The van der Waals surface area contributed by atoms with E-state index in [1.165, 1.54) is 18.2 Å². The zero-order chi connectivity index (χ0) is 24.9. The number of pyridine rings is 1. The van der Waals surface area contributed by atoms with E-state index < -0.39 is 69.2 Å². The van der Waals surface area contributed by atoms with Crippen molar-refractivity contribution in [2.45, 2.75) is 18.0 Å². The van der Waals surface area contributed by atoms with Gasteiger partial charge in [-0.05, 0) is 12.1 Å². The van der Waals surface area contributed by atoms with Crippen LogP contribution in [0.2, 0.25) is 0 Å². The molecule has 3 aromatic rings. The Morgan fingerprint density at radius 1 is 0.788 bits per heavy atom. The van der Waals surface area contributed by atoms with E-state index in [9.17, 15) is 50.2 Å². The fourth-order valence-electron chi connectivity index (χ4n) is 3.19. The third-order valence-corrected chi connectivity index (χ3v) is 4.71. The summed E-state index contributed by atoms with van der Waals surface area (Å²) in [6.45, 7) is 0. The van der Waals surface area contributed by atoms with Gasteiger partial charge in [-0.15, -0.1) is 0 Å². The van der Waals surface area contributed by atoms with E-state index in [1.54, 1.807) is 0 Å². The van der Waals surface area contributed by atoms with Gasteiger partial charge in [0.05, 0.1) is 22.2 Å². The molecule has 0 aliphatic rings. The van der Waals surface area contributed by atoms with Gasteiger partial charge in [0.15, 0.2) is 0 Å². The Morgan fingerprint density at radius 3 is 1.85 bits per heavy atom. The molecule has 3 rings (SSSR count). The molecule has 0 saturated carbocycles. The predicted octanol–water partition coefficient (Wildman–Crippen LogP) is 4.86. The summed E-state index contributed by atoms with van der Waals surface area (Å²) in [5.74, 6) is -18.6. The molecule has 6 nitrogen and oxygen atoms in total. The molecule has 0 spiro atoms. The van der Waals surface area contributed by atoms with Gasteiger partial charge in [0.1, 0.15) is 5.69 Å². The molecule has 0 amide bonds. The van der Waals surface area contributed by atoms with Crippen molar-refractivity contribution in [3.8, 4) is 0 Å². The number of hydrogen-bond acceptors (Lipinski definition) is 3. The van der Waals surface area contributed by atoms with E-state index in [0.29, 0.717) is 16.7 Å². The first-order chi connectivity index (χ1) is 15.1. The van der Waals surface area contributed by atoms with E-state index in [1.807, 2.05) is 0 Å². The van der Waals surface area contributed by atoms with E-state index in [-0.39, 0.29) is 0 Å². The van der Waals surface area contributed by atoms with Crippen LogP contribution in [-0.4, -0.2) is 44.4 Å². The lowest BCUT2D eigenvalue weighted by atomic mass is 9.93. The third-order valence-electron chi connectivity index (χ3n) is 4.71. The predicted molar refractivity (Wildman–Crippen MR) is 96.1 cm³/mol. The van der Waals surface area contributed by atoms with Gasteiger partial charge in [0, 0.05) is 11.8 Å². The first kappa shape index (κ1) is 23.8. The maximum absolute atomic E-state index is 14.9. The quantitative estimate of drug-likeness (QED) is 0.391. The standard InChI is InChI=1S/C20H10F7NO5/c21-18(22,19(23,24)20(25,26)27)13-12(17(32)33)11-8-10(16(30)31)6-7-28(11)14(13)15(29)9-4-2-1-3-5-9/h1-8H,(H,30,31)(H,32,33). The average Bonchev–Trinajstić information content (AvgIpc) is 3.08. The van der Waals surface area contributed by atoms with Gasteiger partial charge in [-0.1, -0.05) is 30.3 Å². The van der Waals surface area contributed by atoms with Crippen molar-refractivity contribution in [1.29, 1.82) is 0 Å². The Hall–Kier alpha value is -3.90. The topological polar surface area (TPSA) is 96.1 Å². The SMILES string of the molecule is O=C(O)c1ccn2c(C(=O)c3ccccc3)c(C(F)(F)C(F)(F)C(F)(F)F)c(C(=O)O)c2c1. The number of rotatable bonds is 6. The molecular weight excluding hydrogens is 467 g/mol. The highest BCUT2D eigenvalue weighted by Crippen LogP contribution is 2.54. The Balaban J connectivity index is 2.54. The minimum Gasteiger partial charge on any atom is -0.478 e. The van der Waals surface area contributed by atoms with Crippen molar-refractivity contribution in [3.63, 3.8) is 0 Å². The molecule has 0 saturated heterocycles. The van der Waals surface area contributed by atoms with Crippen molar-refractivity contribution >= 4 is 23.2 Å². The molecule has 0 fully saturated rings. The lowest BCUT2D eigenvalue weighted by molar-refractivity contribution is -0.359. The molecular formula is C20H10F7NO5. The number of carboxylic acids is 2. The highest BCUT2D eigenvalue weighted by molar-refractivity contribution is 6.13. The summed E-state index contributed by atoms with van der Waals surface area (Å²) < 4.78 is 96.6. The fraction of sp³-hybridized carbons (Fsp3) is 0.150. The number of aromatic carboxylic acids is 2. The number of fused-ring (bicyclic) bond motifs is 1. The van der Waals surface area contributed by atoms with E-state index in [2.05, 4.69) is 0 Å². The first-order valence-corrected chi connectivity index (χ1v) is 8.70. The van der Waals surface area contributed by atoms with Crippen LogP contribution in [0.15, 0.2) is 48.7 Å². The molecule has 0 radical (unpaired) electrons. The van der Waals surface area contributed by atoms with Gasteiger partial charge in [-0.25, -0.2) is 9.59 Å². The van der Waals surface area contributed by atoms with Crippen molar-refractivity contribution in [2.24, 2.45) is 0 Å². The van der Waals surface area contributed by atoms with Crippen LogP contribution in [0.5, 0.6) is 0 Å². The number of nitrogens with zero attached hydrogens (tertiary/aromatic N) is 1. The minimum absolute atomic E-state index is 0.348. The van der Waals surface area contributed by atoms with Crippen molar-refractivity contribution in [3.05, 3.63) is 76.6 Å². The second-order valence-corrected chi connectivity index (χ2v) is 6.72. The van der Waals surface area contributed by atoms with Crippen LogP contribution in [0.4, 0.5) is 30.7 Å². The second kappa shape index (κ2) is 7.60. The molecule has 13 heteroatoms. The molecule has 1 aromatic carbocycles. The molecule has 174 valence electrons. The summed E-state index contributed by atoms with van der Waals surface area (Å²) in [7, 11) is 0. The van der Waals surface area contributed by atoms with Gasteiger partial charge in [-0.2, -0.15) is 30.7 Å². The highest BCUT2D eigenvalue weighted by atomic mass is 19.4. The minimum atomic E-state index is -6.82. The Morgan fingerprint density at radius 2 is 1.36 bits per heavy atom. The summed E-state index contributed by atoms with van der Waals surface area (Å²) >= 11 is 0. The summed E-state index contributed by atoms with van der Waals surface area (Å²) in [5, 5.41) is 18.6. The number of alkyl halides is 7. The number of carboxylic acid groups (broad SMARTS) is 2. The molecule has 0 atom stereocenters. The molecule has 2 heterocycles. The number of carbonyl (C=O) groups is 3. The van der Waals surface area contributed by atoms with Crippen LogP contribution in [0, 0.1) is 0 Å².